The molecule has 0 saturated carbocycles. The number of hydrogen-bond donors (Lipinski definition) is 1. The molecule has 2 aromatic rings. The summed E-state index contributed by atoms with van der Waals surface area (Å²) >= 11 is 4.99. The Labute approximate surface area is 128 Å². The molecule has 2 rings (SSSR count). The van der Waals surface area contributed by atoms with E-state index in [1.54, 1.807) is 24.3 Å². The summed E-state index contributed by atoms with van der Waals surface area (Å²) in [6.07, 6.45) is 0. The number of nitrogens with two attached hydrogens (primary N) is 1. The summed E-state index contributed by atoms with van der Waals surface area (Å²) in [5.41, 5.74) is 7.40. The third-order valence-electron chi connectivity index (χ3n) is 3.27. The molecule has 0 heterocycles. The Kier molecular flexibility index (Phi) is 4.85. The third-order valence-corrected chi connectivity index (χ3v) is 3.49. The molecule has 0 fully saturated rings. The van der Waals surface area contributed by atoms with Crippen molar-refractivity contribution in [2.24, 2.45) is 5.73 Å². The molecule has 2 aromatic carbocycles. The molecule has 0 saturated heterocycles. The molecule has 0 atom stereocenters. The zero-order chi connectivity index (χ0) is 15.4. The molecule has 0 bridgehead atoms. The summed E-state index contributed by atoms with van der Waals surface area (Å²) in [5, 5.41) is 0. The number of nitrogens with zero attached hydrogens (tertiary/aromatic N) is 1. The van der Waals surface area contributed by atoms with Crippen molar-refractivity contribution in [3.05, 3.63) is 65.2 Å². The highest BCUT2D eigenvalue weighted by Gasteiger charge is 2.14. The number of rotatable bonds is 5. The number of benzene rings is 2. The number of anilines is 1. The molecule has 0 aliphatic heterocycles. The second kappa shape index (κ2) is 6.63. The van der Waals surface area contributed by atoms with Gasteiger partial charge in [0.25, 0.3) is 0 Å². The van der Waals surface area contributed by atoms with E-state index < -0.39 is 0 Å². The van der Waals surface area contributed by atoms with Gasteiger partial charge in [-0.2, -0.15) is 0 Å². The van der Waals surface area contributed by atoms with Gasteiger partial charge in [-0.3, -0.25) is 0 Å². The van der Waals surface area contributed by atoms with Gasteiger partial charge in [-0.05, 0) is 42.8 Å². The average molecular weight is 306 g/mol. The smallest absolute Gasteiger partial charge is 0.146 e. The van der Waals surface area contributed by atoms with Gasteiger partial charge in [-0.25, -0.2) is 8.78 Å². The van der Waals surface area contributed by atoms with E-state index in [1.807, 2.05) is 11.8 Å². The lowest BCUT2D eigenvalue weighted by atomic mass is 10.1. The first-order valence-electron chi connectivity index (χ1n) is 6.60. The molecule has 0 aliphatic carbocycles. The fourth-order valence-electron chi connectivity index (χ4n) is 2.21. The summed E-state index contributed by atoms with van der Waals surface area (Å²) in [6, 6.07) is 10.8. The van der Waals surface area contributed by atoms with Gasteiger partial charge < -0.3 is 10.6 Å². The topological polar surface area (TPSA) is 29.3 Å². The molecule has 0 aromatic heterocycles. The van der Waals surface area contributed by atoms with Crippen molar-refractivity contribution in [2.75, 3.05) is 11.4 Å². The van der Waals surface area contributed by atoms with E-state index in [0.717, 1.165) is 0 Å². The predicted octanol–water partition coefficient (Wildman–Crippen LogP) is 3.63. The Morgan fingerprint density at radius 2 is 1.90 bits per heavy atom. The molecule has 0 unspecified atom stereocenters. The van der Waals surface area contributed by atoms with Crippen LogP contribution in [-0.4, -0.2) is 11.5 Å². The average Bonchev–Trinajstić information content (AvgIpc) is 2.45. The Morgan fingerprint density at radius 1 is 1.19 bits per heavy atom. The molecule has 0 amide bonds. The van der Waals surface area contributed by atoms with Crippen molar-refractivity contribution < 1.29 is 8.78 Å². The molecule has 2 N–H and O–H groups in total. The van der Waals surface area contributed by atoms with Crippen molar-refractivity contribution >= 4 is 22.9 Å². The van der Waals surface area contributed by atoms with E-state index >= 15 is 0 Å². The minimum Gasteiger partial charge on any atom is -0.389 e. The standard InChI is InChI=1S/C16H16F2N2S/c1-2-20(15-6-4-3-5-14(15)18)10-11-9-12(17)7-8-13(11)16(19)21/h3-9H,2,10H2,1H3,(H2,19,21). The number of para-hydroxylation sites is 1. The molecular formula is C16H16F2N2S. The van der Waals surface area contributed by atoms with Crippen molar-refractivity contribution in [2.45, 2.75) is 13.5 Å². The Morgan fingerprint density at radius 3 is 2.52 bits per heavy atom. The van der Waals surface area contributed by atoms with Gasteiger partial charge in [0.15, 0.2) is 0 Å². The highest BCUT2D eigenvalue weighted by molar-refractivity contribution is 7.80. The quantitative estimate of drug-likeness (QED) is 0.855. The highest BCUT2D eigenvalue weighted by atomic mass is 32.1. The number of halogens is 2. The second-order valence-corrected chi connectivity index (χ2v) is 5.07. The van der Waals surface area contributed by atoms with E-state index in [4.69, 9.17) is 18.0 Å². The molecular weight excluding hydrogens is 290 g/mol. The molecule has 0 radical (unpaired) electrons. The fourth-order valence-corrected chi connectivity index (χ4v) is 2.41. The minimum atomic E-state index is -0.366. The van der Waals surface area contributed by atoms with Gasteiger partial charge in [-0.15, -0.1) is 0 Å². The normalized spacial score (nSPS) is 10.4. The van der Waals surface area contributed by atoms with Gasteiger partial charge in [0.2, 0.25) is 0 Å². The first kappa shape index (κ1) is 15.4. The molecule has 21 heavy (non-hydrogen) atoms. The summed E-state index contributed by atoms with van der Waals surface area (Å²) in [6.45, 7) is 2.82. The summed E-state index contributed by atoms with van der Waals surface area (Å²) in [5.74, 6) is -0.679. The van der Waals surface area contributed by atoms with E-state index in [0.29, 0.717) is 29.9 Å². The minimum absolute atomic E-state index is 0.203. The third kappa shape index (κ3) is 3.55. The molecule has 110 valence electrons. The van der Waals surface area contributed by atoms with E-state index in [9.17, 15) is 8.78 Å². The van der Waals surface area contributed by atoms with Crippen LogP contribution in [0.25, 0.3) is 0 Å². The van der Waals surface area contributed by atoms with Crippen LogP contribution in [0.5, 0.6) is 0 Å². The van der Waals surface area contributed by atoms with Crippen LogP contribution in [0.2, 0.25) is 0 Å². The first-order chi connectivity index (χ1) is 10.0. The van der Waals surface area contributed by atoms with Crippen LogP contribution < -0.4 is 10.6 Å². The van der Waals surface area contributed by atoms with Crippen LogP contribution in [0.3, 0.4) is 0 Å². The van der Waals surface area contributed by atoms with Crippen LogP contribution in [0, 0.1) is 11.6 Å². The summed E-state index contributed by atoms with van der Waals surface area (Å²) < 4.78 is 27.4. The molecule has 5 heteroatoms. The van der Waals surface area contributed by atoms with Crippen LogP contribution in [0.1, 0.15) is 18.1 Å². The van der Waals surface area contributed by atoms with Crippen molar-refractivity contribution in [3.63, 3.8) is 0 Å². The van der Waals surface area contributed by atoms with Crippen molar-refractivity contribution in [1.82, 2.24) is 0 Å². The van der Waals surface area contributed by atoms with Crippen LogP contribution in [0.4, 0.5) is 14.5 Å². The van der Waals surface area contributed by atoms with Gasteiger partial charge in [-0.1, -0.05) is 24.4 Å². The lowest BCUT2D eigenvalue weighted by Crippen LogP contribution is -2.25. The van der Waals surface area contributed by atoms with E-state index in [1.165, 1.54) is 18.2 Å². The van der Waals surface area contributed by atoms with Gasteiger partial charge >= 0.3 is 0 Å². The molecule has 2 nitrogen and oxygen atoms in total. The first-order valence-corrected chi connectivity index (χ1v) is 7.01. The Bertz CT molecular complexity index is 658. The lowest BCUT2D eigenvalue weighted by molar-refractivity contribution is 0.614. The van der Waals surface area contributed by atoms with Crippen molar-refractivity contribution in [1.29, 1.82) is 0 Å². The van der Waals surface area contributed by atoms with E-state index in [2.05, 4.69) is 0 Å². The maximum absolute atomic E-state index is 13.9. The SMILES string of the molecule is CCN(Cc1cc(F)ccc1C(N)=S)c1ccccc1F. The van der Waals surface area contributed by atoms with Gasteiger partial charge in [0, 0.05) is 18.7 Å². The number of hydrogen-bond acceptors (Lipinski definition) is 2. The molecule has 0 spiro atoms. The Hall–Kier alpha value is -2.01. The number of thiocarbonyl (C=S) groups is 1. The Balaban J connectivity index is 2.37. The van der Waals surface area contributed by atoms with Crippen LogP contribution >= 0.6 is 12.2 Å². The zero-order valence-electron chi connectivity index (χ0n) is 11.6. The maximum atomic E-state index is 13.9. The van der Waals surface area contributed by atoms with E-state index in [-0.39, 0.29) is 16.6 Å². The maximum Gasteiger partial charge on any atom is 0.146 e. The monoisotopic (exact) mass is 306 g/mol. The van der Waals surface area contributed by atoms with Crippen molar-refractivity contribution in [3.8, 4) is 0 Å². The fraction of sp³-hybridized carbons (Fsp3) is 0.188. The second-order valence-electron chi connectivity index (χ2n) is 4.63. The largest absolute Gasteiger partial charge is 0.389 e. The highest BCUT2D eigenvalue weighted by Crippen LogP contribution is 2.22. The molecule has 0 aliphatic rings. The summed E-state index contributed by atoms with van der Waals surface area (Å²) in [4.78, 5) is 2.01. The van der Waals surface area contributed by atoms with Crippen LogP contribution in [0.15, 0.2) is 42.5 Å². The summed E-state index contributed by atoms with van der Waals surface area (Å²) in [7, 11) is 0. The van der Waals surface area contributed by atoms with Crippen LogP contribution in [-0.2, 0) is 6.54 Å². The lowest BCUT2D eigenvalue weighted by Gasteiger charge is -2.24. The van der Waals surface area contributed by atoms with Gasteiger partial charge in [0.05, 0.1) is 5.69 Å². The zero-order valence-corrected chi connectivity index (χ0v) is 12.5. The predicted molar refractivity (Wildman–Crippen MR) is 85.4 cm³/mol. The van der Waals surface area contributed by atoms with Gasteiger partial charge in [0.1, 0.15) is 16.6 Å².